The van der Waals surface area contributed by atoms with E-state index >= 15 is 0 Å². The van der Waals surface area contributed by atoms with Crippen LogP contribution in [0.1, 0.15) is 50.4 Å². The summed E-state index contributed by atoms with van der Waals surface area (Å²) in [6.45, 7) is 2.36. The fourth-order valence-corrected chi connectivity index (χ4v) is 2.32. The number of alkyl halides is 2. The first-order valence-corrected chi connectivity index (χ1v) is 9.04. The maximum Gasteiger partial charge on any atom is 0.407 e. The molecule has 0 aliphatic heterocycles. The van der Waals surface area contributed by atoms with Crippen LogP contribution in [-0.2, 0) is 9.53 Å². The summed E-state index contributed by atoms with van der Waals surface area (Å²) in [6.07, 6.45) is 0.373. The molecule has 8 nitrogen and oxygen atoms in total. The zero-order valence-corrected chi connectivity index (χ0v) is 16.5. The highest BCUT2D eigenvalue weighted by molar-refractivity contribution is 5.98. The Morgan fingerprint density at radius 3 is 2.38 bits per heavy atom. The van der Waals surface area contributed by atoms with Gasteiger partial charge < -0.3 is 25.2 Å². The number of aliphatic carboxylic acids is 1. The highest BCUT2D eigenvalue weighted by Crippen LogP contribution is 2.20. The molecule has 1 aromatic carbocycles. The average Bonchev–Trinajstić information content (AvgIpc) is 2.58. The lowest BCUT2D eigenvalue weighted by Gasteiger charge is -2.19. The molecule has 0 saturated heterocycles. The van der Waals surface area contributed by atoms with Crippen LogP contribution in [0.3, 0.4) is 0 Å². The summed E-state index contributed by atoms with van der Waals surface area (Å²) in [5.41, 5.74) is -0.807. The summed E-state index contributed by atoms with van der Waals surface area (Å²) in [4.78, 5) is 35.2. The largest absolute Gasteiger partial charge is 0.480 e. The van der Waals surface area contributed by atoms with Gasteiger partial charge in [0.1, 0.15) is 17.4 Å². The van der Waals surface area contributed by atoms with Gasteiger partial charge in [0.05, 0.1) is 5.56 Å². The van der Waals surface area contributed by atoms with E-state index in [4.69, 9.17) is 4.74 Å². The van der Waals surface area contributed by atoms with Gasteiger partial charge in [0.15, 0.2) is 0 Å². The molecule has 1 aromatic rings. The van der Waals surface area contributed by atoms with Crippen LogP contribution in [0.5, 0.6) is 5.75 Å². The molecule has 0 unspecified atom stereocenters. The molecule has 0 heterocycles. The molecule has 0 spiro atoms. The fourth-order valence-electron chi connectivity index (χ4n) is 2.32. The van der Waals surface area contributed by atoms with Crippen LogP contribution >= 0.6 is 0 Å². The SMILES string of the molecule is CC(C)(C)OC(=O)NCCCC[C@H](NC(=O)c1ccccc1OC(F)F)C(=O)O. The van der Waals surface area contributed by atoms with Gasteiger partial charge >= 0.3 is 18.7 Å². The number of para-hydroxylation sites is 1. The first kappa shape index (κ1) is 24.1. The molecule has 29 heavy (non-hydrogen) atoms. The molecular weight excluding hydrogens is 390 g/mol. The molecule has 162 valence electrons. The number of carbonyl (C=O) groups is 3. The van der Waals surface area contributed by atoms with E-state index < -0.39 is 36.2 Å². The Morgan fingerprint density at radius 1 is 1.14 bits per heavy atom. The van der Waals surface area contributed by atoms with Gasteiger partial charge in [0.25, 0.3) is 5.91 Å². The normalized spacial score (nSPS) is 12.2. The molecule has 0 aliphatic carbocycles. The Kier molecular flexibility index (Phi) is 9.30. The zero-order valence-electron chi connectivity index (χ0n) is 16.5. The van der Waals surface area contributed by atoms with E-state index in [2.05, 4.69) is 15.4 Å². The number of hydrogen-bond acceptors (Lipinski definition) is 5. The molecule has 0 fully saturated rings. The minimum Gasteiger partial charge on any atom is -0.480 e. The van der Waals surface area contributed by atoms with E-state index in [9.17, 15) is 28.3 Å². The number of halogens is 2. The molecule has 2 amide bonds. The number of carboxylic acid groups (broad SMARTS) is 1. The number of benzene rings is 1. The minimum absolute atomic E-state index is 0.0922. The summed E-state index contributed by atoms with van der Waals surface area (Å²) >= 11 is 0. The third-order valence-corrected chi connectivity index (χ3v) is 3.54. The third-order valence-electron chi connectivity index (χ3n) is 3.54. The van der Waals surface area contributed by atoms with Gasteiger partial charge in [0, 0.05) is 6.54 Å². The lowest BCUT2D eigenvalue weighted by Crippen LogP contribution is -2.41. The summed E-state index contributed by atoms with van der Waals surface area (Å²) < 4.78 is 34.3. The van der Waals surface area contributed by atoms with Crippen molar-refractivity contribution in [3.05, 3.63) is 29.8 Å². The Hall–Kier alpha value is -2.91. The molecule has 0 aromatic heterocycles. The molecule has 3 N–H and O–H groups in total. The highest BCUT2D eigenvalue weighted by Gasteiger charge is 2.23. The Morgan fingerprint density at radius 2 is 1.79 bits per heavy atom. The molecule has 10 heteroatoms. The number of rotatable bonds is 10. The molecule has 0 saturated carbocycles. The number of alkyl carbamates (subject to hydrolysis) is 1. The lowest BCUT2D eigenvalue weighted by molar-refractivity contribution is -0.139. The number of amides is 2. The van der Waals surface area contributed by atoms with E-state index in [1.807, 2.05) is 0 Å². The van der Waals surface area contributed by atoms with Crippen molar-refractivity contribution in [2.45, 2.75) is 58.3 Å². The van der Waals surface area contributed by atoms with Crippen LogP contribution in [0, 0.1) is 0 Å². The number of carboxylic acids is 1. The fraction of sp³-hybridized carbons (Fsp3) is 0.526. The number of ether oxygens (including phenoxy) is 2. The second kappa shape index (κ2) is 11.2. The highest BCUT2D eigenvalue weighted by atomic mass is 19.3. The van der Waals surface area contributed by atoms with Crippen molar-refractivity contribution in [1.29, 1.82) is 0 Å². The Labute approximate surface area is 167 Å². The number of nitrogens with one attached hydrogen (secondary N) is 2. The van der Waals surface area contributed by atoms with E-state index in [1.54, 1.807) is 20.8 Å². The van der Waals surface area contributed by atoms with E-state index in [1.165, 1.54) is 24.3 Å². The van der Waals surface area contributed by atoms with Gasteiger partial charge in [-0.15, -0.1) is 0 Å². The summed E-state index contributed by atoms with van der Waals surface area (Å²) in [5.74, 6) is -2.43. The lowest BCUT2D eigenvalue weighted by atomic mass is 10.1. The maximum atomic E-state index is 12.5. The number of carbonyl (C=O) groups excluding carboxylic acids is 2. The van der Waals surface area contributed by atoms with Crippen LogP contribution in [-0.4, -0.2) is 47.9 Å². The van der Waals surface area contributed by atoms with Crippen LogP contribution in [0.25, 0.3) is 0 Å². The molecule has 0 bridgehead atoms. The van der Waals surface area contributed by atoms with E-state index in [-0.39, 0.29) is 24.3 Å². The monoisotopic (exact) mass is 416 g/mol. The quantitative estimate of drug-likeness (QED) is 0.505. The Balaban J connectivity index is 2.53. The molecular formula is C19H26F2N2O6. The number of hydrogen-bond donors (Lipinski definition) is 3. The van der Waals surface area contributed by atoms with E-state index in [0.29, 0.717) is 12.8 Å². The zero-order chi connectivity index (χ0) is 22.0. The van der Waals surface area contributed by atoms with Crippen molar-refractivity contribution in [2.75, 3.05) is 6.54 Å². The summed E-state index contributed by atoms with van der Waals surface area (Å²) in [6, 6.07) is 4.10. The average molecular weight is 416 g/mol. The second-order valence-electron chi connectivity index (χ2n) is 7.16. The van der Waals surface area contributed by atoms with Crippen molar-refractivity contribution < 1.29 is 37.7 Å². The second-order valence-corrected chi connectivity index (χ2v) is 7.16. The maximum absolute atomic E-state index is 12.5. The van der Waals surface area contributed by atoms with Crippen LogP contribution in [0.4, 0.5) is 13.6 Å². The van der Waals surface area contributed by atoms with E-state index in [0.717, 1.165) is 0 Å². The minimum atomic E-state index is -3.11. The van der Waals surface area contributed by atoms with Crippen LogP contribution in [0.15, 0.2) is 24.3 Å². The first-order chi connectivity index (χ1) is 13.5. The topological polar surface area (TPSA) is 114 Å². The van der Waals surface area contributed by atoms with Crippen molar-refractivity contribution in [3.63, 3.8) is 0 Å². The predicted octanol–water partition coefficient (Wildman–Crippen LogP) is 3.17. The predicted molar refractivity (Wildman–Crippen MR) is 100 cm³/mol. The molecule has 1 atom stereocenters. The smallest absolute Gasteiger partial charge is 0.407 e. The van der Waals surface area contributed by atoms with Crippen LogP contribution in [0.2, 0.25) is 0 Å². The van der Waals surface area contributed by atoms with Crippen molar-refractivity contribution in [3.8, 4) is 5.75 Å². The molecule has 0 aliphatic rings. The number of unbranched alkanes of at least 4 members (excludes halogenated alkanes) is 1. The van der Waals surface area contributed by atoms with Gasteiger partial charge in [-0.25, -0.2) is 9.59 Å². The molecule has 0 radical (unpaired) electrons. The standard InChI is InChI=1S/C19H26F2N2O6/c1-19(2,3)29-18(27)22-11-7-6-9-13(16(25)26)23-15(24)12-8-4-5-10-14(12)28-17(20)21/h4-5,8,10,13,17H,6-7,9,11H2,1-3H3,(H,22,27)(H,23,24)(H,25,26)/t13-/m0/s1. The molecule has 1 rings (SSSR count). The van der Waals surface area contributed by atoms with Crippen molar-refractivity contribution in [1.82, 2.24) is 10.6 Å². The van der Waals surface area contributed by atoms with Gasteiger partial charge in [0.2, 0.25) is 0 Å². The third kappa shape index (κ3) is 9.72. The van der Waals surface area contributed by atoms with Gasteiger partial charge in [-0.05, 0) is 52.2 Å². The van der Waals surface area contributed by atoms with Gasteiger partial charge in [-0.3, -0.25) is 4.79 Å². The van der Waals surface area contributed by atoms with Crippen molar-refractivity contribution in [2.24, 2.45) is 0 Å². The van der Waals surface area contributed by atoms with Gasteiger partial charge in [-0.2, -0.15) is 8.78 Å². The summed E-state index contributed by atoms with van der Waals surface area (Å²) in [5, 5.41) is 14.2. The summed E-state index contributed by atoms with van der Waals surface area (Å²) in [7, 11) is 0. The van der Waals surface area contributed by atoms with Gasteiger partial charge in [-0.1, -0.05) is 12.1 Å². The van der Waals surface area contributed by atoms with Crippen molar-refractivity contribution >= 4 is 18.0 Å². The first-order valence-electron chi connectivity index (χ1n) is 9.04. The van der Waals surface area contributed by atoms with Crippen LogP contribution < -0.4 is 15.4 Å². The Bertz CT molecular complexity index is 706.